The van der Waals surface area contributed by atoms with E-state index in [0.717, 1.165) is 17.9 Å². The first-order chi connectivity index (χ1) is 9.16. The number of aliphatic imine (C=N–C) groups is 2. The number of hydrogen-bond acceptors (Lipinski definition) is 3. The van der Waals surface area contributed by atoms with Crippen molar-refractivity contribution in [1.82, 2.24) is 0 Å². The Hall–Kier alpha value is -1.90. The highest BCUT2D eigenvalue weighted by Crippen LogP contribution is 2.33. The largest absolute Gasteiger partial charge is 0.475 e. The van der Waals surface area contributed by atoms with Crippen molar-refractivity contribution in [3.8, 4) is 0 Å². The molecule has 0 fully saturated rings. The van der Waals surface area contributed by atoms with Crippen molar-refractivity contribution in [2.45, 2.75) is 31.7 Å². The molecular formula is C16H18N2O. The predicted molar refractivity (Wildman–Crippen MR) is 77.8 cm³/mol. The summed E-state index contributed by atoms with van der Waals surface area (Å²) in [5, 5.41) is 0. The van der Waals surface area contributed by atoms with Gasteiger partial charge in [-0.05, 0) is 25.8 Å². The van der Waals surface area contributed by atoms with Gasteiger partial charge in [-0.3, -0.25) is 4.99 Å². The number of ether oxygens (including phenoxy) is 1. The fourth-order valence-corrected chi connectivity index (χ4v) is 2.45. The zero-order valence-electron chi connectivity index (χ0n) is 11.3. The molecule has 0 aliphatic carbocycles. The highest BCUT2D eigenvalue weighted by molar-refractivity contribution is 5.97. The van der Waals surface area contributed by atoms with Crippen LogP contribution in [-0.4, -0.2) is 24.3 Å². The van der Waals surface area contributed by atoms with Gasteiger partial charge in [0, 0.05) is 23.9 Å². The van der Waals surface area contributed by atoms with E-state index in [1.807, 2.05) is 18.5 Å². The lowest BCUT2D eigenvalue weighted by Crippen LogP contribution is -2.17. The standard InChI is InChI=1S/C16H18N2O/c1-16(2)11-19-15(18-16)14-10-17-9-8-13(14)12-6-4-3-5-7-12/h3-7,9-10,13H,8,11H2,1-2H3. The van der Waals surface area contributed by atoms with Crippen LogP contribution in [0.1, 0.15) is 31.7 Å². The molecule has 3 heteroatoms. The van der Waals surface area contributed by atoms with E-state index in [1.165, 1.54) is 5.56 Å². The summed E-state index contributed by atoms with van der Waals surface area (Å²) < 4.78 is 5.77. The zero-order chi connectivity index (χ0) is 13.3. The summed E-state index contributed by atoms with van der Waals surface area (Å²) in [6.07, 6.45) is 4.75. The van der Waals surface area contributed by atoms with E-state index >= 15 is 0 Å². The maximum absolute atomic E-state index is 5.77. The first-order valence-corrected chi connectivity index (χ1v) is 6.65. The van der Waals surface area contributed by atoms with Crippen LogP contribution in [0.3, 0.4) is 0 Å². The highest BCUT2D eigenvalue weighted by atomic mass is 16.5. The van der Waals surface area contributed by atoms with Gasteiger partial charge in [-0.25, -0.2) is 4.99 Å². The van der Waals surface area contributed by atoms with Crippen molar-refractivity contribution in [1.29, 1.82) is 0 Å². The van der Waals surface area contributed by atoms with Crippen LogP contribution >= 0.6 is 0 Å². The summed E-state index contributed by atoms with van der Waals surface area (Å²) in [4.78, 5) is 8.95. The topological polar surface area (TPSA) is 34.0 Å². The number of nitrogens with zero attached hydrogens (tertiary/aromatic N) is 2. The molecule has 0 aromatic heterocycles. The van der Waals surface area contributed by atoms with Crippen molar-refractivity contribution < 1.29 is 4.74 Å². The van der Waals surface area contributed by atoms with Crippen molar-refractivity contribution in [3.05, 3.63) is 47.7 Å². The molecule has 3 rings (SSSR count). The zero-order valence-corrected chi connectivity index (χ0v) is 11.3. The molecule has 2 aliphatic heterocycles. The molecule has 1 aromatic rings. The van der Waals surface area contributed by atoms with Crippen LogP contribution in [0.15, 0.2) is 52.1 Å². The van der Waals surface area contributed by atoms with Gasteiger partial charge in [0.05, 0.1) is 5.54 Å². The predicted octanol–water partition coefficient (Wildman–Crippen LogP) is 3.34. The Labute approximate surface area is 113 Å². The van der Waals surface area contributed by atoms with Crippen molar-refractivity contribution in [3.63, 3.8) is 0 Å². The van der Waals surface area contributed by atoms with E-state index in [0.29, 0.717) is 12.5 Å². The van der Waals surface area contributed by atoms with E-state index in [9.17, 15) is 0 Å². The van der Waals surface area contributed by atoms with Gasteiger partial charge in [-0.15, -0.1) is 0 Å². The number of rotatable bonds is 2. The molecule has 1 atom stereocenters. The van der Waals surface area contributed by atoms with Gasteiger partial charge in [-0.1, -0.05) is 30.3 Å². The molecule has 2 aliphatic rings. The van der Waals surface area contributed by atoms with E-state index in [1.54, 1.807) is 0 Å². The Bertz CT molecular complexity index is 555. The van der Waals surface area contributed by atoms with Crippen LogP contribution < -0.4 is 0 Å². The molecule has 1 unspecified atom stereocenters. The molecule has 19 heavy (non-hydrogen) atoms. The molecular weight excluding hydrogens is 236 g/mol. The Morgan fingerprint density at radius 2 is 2.00 bits per heavy atom. The van der Waals surface area contributed by atoms with Gasteiger partial charge < -0.3 is 4.74 Å². The van der Waals surface area contributed by atoms with Gasteiger partial charge in [-0.2, -0.15) is 0 Å². The fraction of sp³-hybridized carbons (Fsp3) is 0.375. The molecule has 0 saturated heterocycles. The minimum absolute atomic E-state index is 0.126. The maximum Gasteiger partial charge on any atom is 0.214 e. The molecule has 98 valence electrons. The monoisotopic (exact) mass is 254 g/mol. The Kier molecular flexibility index (Phi) is 2.97. The Morgan fingerprint density at radius 1 is 1.21 bits per heavy atom. The van der Waals surface area contributed by atoms with Crippen LogP contribution in [0.5, 0.6) is 0 Å². The lowest BCUT2D eigenvalue weighted by atomic mass is 9.88. The highest BCUT2D eigenvalue weighted by Gasteiger charge is 2.32. The van der Waals surface area contributed by atoms with Crippen LogP contribution in [0.25, 0.3) is 0 Å². The molecule has 0 spiro atoms. The average Bonchev–Trinajstić information content (AvgIpc) is 2.80. The van der Waals surface area contributed by atoms with Gasteiger partial charge in [0.25, 0.3) is 0 Å². The molecule has 0 radical (unpaired) electrons. The second kappa shape index (κ2) is 4.65. The normalized spacial score (nSPS) is 24.6. The lowest BCUT2D eigenvalue weighted by molar-refractivity contribution is 0.278. The summed E-state index contributed by atoms with van der Waals surface area (Å²) in [7, 11) is 0. The molecule has 0 amide bonds. The summed E-state index contributed by atoms with van der Waals surface area (Å²) in [5.74, 6) is 1.06. The van der Waals surface area contributed by atoms with E-state index in [-0.39, 0.29) is 5.54 Å². The van der Waals surface area contributed by atoms with Gasteiger partial charge >= 0.3 is 0 Å². The van der Waals surface area contributed by atoms with Gasteiger partial charge in [0.2, 0.25) is 5.90 Å². The third kappa shape index (κ3) is 2.46. The summed E-state index contributed by atoms with van der Waals surface area (Å²) in [6, 6.07) is 10.5. The second-order valence-corrected chi connectivity index (χ2v) is 5.63. The van der Waals surface area contributed by atoms with Gasteiger partial charge in [0.1, 0.15) is 6.61 Å². The number of benzene rings is 1. The fourth-order valence-electron chi connectivity index (χ4n) is 2.45. The second-order valence-electron chi connectivity index (χ2n) is 5.63. The average molecular weight is 254 g/mol. The molecule has 2 heterocycles. The Morgan fingerprint density at radius 3 is 2.68 bits per heavy atom. The van der Waals surface area contributed by atoms with Gasteiger partial charge in [0.15, 0.2) is 0 Å². The molecule has 0 bridgehead atoms. The first kappa shape index (κ1) is 12.2. The summed E-state index contributed by atoms with van der Waals surface area (Å²) >= 11 is 0. The Balaban J connectivity index is 1.95. The van der Waals surface area contributed by atoms with Crippen LogP contribution in [0.2, 0.25) is 0 Å². The SMILES string of the molecule is CC1(C)COC(C2=CN=CCC2c2ccccc2)=N1. The van der Waals surface area contributed by atoms with Crippen molar-refractivity contribution in [2.24, 2.45) is 9.98 Å². The minimum atomic E-state index is -0.126. The summed E-state index contributed by atoms with van der Waals surface area (Å²) in [5.41, 5.74) is 2.26. The van der Waals surface area contributed by atoms with E-state index < -0.39 is 0 Å². The maximum atomic E-state index is 5.77. The van der Waals surface area contributed by atoms with Crippen LogP contribution in [0, 0.1) is 0 Å². The molecule has 1 aromatic carbocycles. The third-order valence-electron chi connectivity index (χ3n) is 3.45. The first-order valence-electron chi connectivity index (χ1n) is 6.65. The van der Waals surface area contributed by atoms with E-state index in [4.69, 9.17) is 4.74 Å². The summed E-state index contributed by atoms with van der Waals surface area (Å²) in [6.45, 7) is 4.82. The number of hydrogen-bond donors (Lipinski definition) is 0. The molecule has 0 N–H and O–H groups in total. The quantitative estimate of drug-likeness (QED) is 0.797. The van der Waals surface area contributed by atoms with E-state index in [2.05, 4.69) is 48.1 Å². The van der Waals surface area contributed by atoms with Crippen molar-refractivity contribution in [2.75, 3.05) is 6.61 Å². The van der Waals surface area contributed by atoms with Crippen molar-refractivity contribution >= 4 is 12.1 Å². The third-order valence-corrected chi connectivity index (χ3v) is 3.45. The lowest BCUT2D eigenvalue weighted by Gasteiger charge is -2.20. The molecule has 3 nitrogen and oxygen atoms in total. The minimum Gasteiger partial charge on any atom is -0.475 e. The smallest absolute Gasteiger partial charge is 0.214 e. The van der Waals surface area contributed by atoms with Crippen LogP contribution in [0.4, 0.5) is 0 Å². The molecule has 0 saturated carbocycles. The van der Waals surface area contributed by atoms with Crippen LogP contribution in [-0.2, 0) is 4.74 Å².